The topological polar surface area (TPSA) is 99.1 Å². The third-order valence-corrected chi connectivity index (χ3v) is 4.91. The predicted molar refractivity (Wildman–Crippen MR) is 88.7 cm³/mol. The number of rotatable bonds is 6. The molecule has 0 radical (unpaired) electrons. The Morgan fingerprint density at radius 2 is 1.50 bits per heavy atom. The van der Waals surface area contributed by atoms with Crippen LogP contribution in [0.3, 0.4) is 0 Å². The molecule has 2 N–H and O–H groups in total. The van der Waals surface area contributed by atoms with Crippen molar-refractivity contribution in [2.45, 2.75) is 23.4 Å². The first kappa shape index (κ1) is 16.4. The Morgan fingerprint density at radius 1 is 0.917 bits per heavy atom. The van der Waals surface area contributed by atoms with E-state index in [-0.39, 0.29) is 11.6 Å². The Balaban J connectivity index is 1.75. The summed E-state index contributed by atoms with van der Waals surface area (Å²) in [6, 6.07) is 17.9. The molecule has 0 fully saturated rings. The molecule has 0 aliphatic rings. The van der Waals surface area contributed by atoms with Crippen molar-refractivity contribution in [3.63, 3.8) is 0 Å². The van der Waals surface area contributed by atoms with Crippen LogP contribution < -0.4 is 5.73 Å². The van der Waals surface area contributed by atoms with E-state index < -0.39 is 21.1 Å². The van der Waals surface area contributed by atoms with Crippen LogP contribution in [-0.4, -0.2) is 18.6 Å². The van der Waals surface area contributed by atoms with Gasteiger partial charge >= 0.3 is 5.22 Å². The van der Waals surface area contributed by atoms with E-state index in [4.69, 9.17) is 10.2 Å². The van der Waals surface area contributed by atoms with Crippen LogP contribution in [0.5, 0.6) is 0 Å². The molecular weight excluding hydrogens is 326 g/mol. The fourth-order valence-electron chi connectivity index (χ4n) is 2.31. The van der Waals surface area contributed by atoms with Crippen LogP contribution in [0.25, 0.3) is 0 Å². The molecule has 3 aromatic rings. The van der Waals surface area contributed by atoms with Gasteiger partial charge in [0.2, 0.25) is 15.7 Å². The van der Waals surface area contributed by atoms with Crippen molar-refractivity contribution in [3.8, 4) is 0 Å². The van der Waals surface area contributed by atoms with Crippen LogP contribution in [0, 0.1) is 0 Å². The maximum absolute atomic E-state index is 12.4. The average Bonchev–Trinajstić information content (AvgIpc) is 3.07. The lowest BCUT2D eigenvalue weighted by atomic mass is 10.1. The minimum atomic E-state index is -3.69. The van der Waals surface area contributed by atoms with Gasteiger partial charge in [-0.1, -0.05) is 65.8 Å². The largest absolute Gasteiger partial charge is 0.411 e. The van der Waals surface area contributed by atoms with Crippen LogP contribution >= 0.6 is 0 Å². The van der Waals surface area contributed by atoms with Gasteiger partial charge in [-0.3, -0.25) is 0 Å². The number of sulfone groups is 1. The summed E-state index contributed by atoms with van der Waals surface area (Å²) in [6.45, 7) is 0. The third-order valence-electron chi connectivity index (χ3n) is 3.50. The molecule has 24 heavy (non-hydrogen) atoms. The van der Waals surface area contributed by atoms with Crippen LogP contribution in [-0.2, 0) is 22.0 Å². The van der Waals surface area contributed by atoms with E-state index in [2.05, 4.69) is 10.2 Å². The van der Waals surface area contributed by atoms with E-state index in [0.29, 0.717) is 12.0 Å². The van der Waals surface area contributed by atoms with E-state index in [9.17, 15) is 8.42 Å². The molecule has 3 rings (SSSR count). The minimum Gasteiger partial charge on any atom is -0.411 e. The zero-order valence-electron chi connectivity index (χ0n) is 12.9. The van der Waals surface area contributed by atoms with Gasteiger partial charge in [-0.25, -0.2) is 8.42 Å². The molecule has 2 aromatic carbocycles. The highest BCUT2D eigenvalue weighted by molar-refractivity contribution is 7.90. The lowest BCUT2D eigenvalue weighted by Crippen LogP contribution is -2.13. The molecule has 1 heterocycles. The third kappa shape index (κ3) is 3.87. The molecular formula is C17H17N3O3S. The maximum atomic E-state index is 12.4. The Hall–Kier alpha value is -2.51. The zero-order valence-corrected chi connectivity index (χ0v) is 13.7. The zero-order chi connectivity index (χ0) is 17.0. The molecule has 0 amide bonds. The van der Waals surface area contributed by atoms with Crippen molar-refractivity contribution in [2.24, 2.45) is 5.73 Å². The summed E-state index contributed by atoms with van der Waals surface area (Å²) in [6.07, 6.45) is 0.487. The van der Waals surface area contributed by atoms with Gasteiger partial charge in [0, 0.05) is 0 Å². The van der Waals surface area contributed by atoms with Crippen LogP contribution in [0.1, 0.15) is 23.1 Å². The molecule has 0 spiro atoms. The van der Waals surface area contributed by atoms with Gasteiger partial charge in [-0.2, -0.15) is 0 Å². The molecule has 1 aromatic heterocycles. The summed E-state index contributed by atoms with van der Waals surface area (Å²) in [4.78, 5) is 0. The fraction of sp³-hybridized carbons (Fsp3) is 0.176. The highest BCUT2D eigenvalue weighted by Gasteiger charge is 2.25. The van der Waals surface area contributed by atoms with Crippen molar-refractivity contribution in [1.29, 1.82) is 0 Å². The lowest BCUT2D eigenvalue weighted by molar-refractivity contribution is 0.372. The molecule has 0 saturated heterocycles. The molecule has 124 valence electrons. The maximum Gasteiger partial charge on any atom is 0.335 e. The van der Waals surface area contributed by atoms with Crippen LogP contribution in [0.4, 0.5) is 0 Å². The monoisotopic (exact) mass is 343 g/mol. The van der Waals surface area contributed by atoms with Crippen LogP contribution in [0.2, 0.25) is 0 Å². The number of hydrogen-bond acceptors (Lipinski definition) is 6. The Labute approximate surface area is 140 Å². The first-order valence-electron chi connectivity index (χ1n) is 7.44. The van der Waals surface area contributed by atoms with Crippen molar-refractivity contribution in [2.75, 3.05) is 0 Å². The van der Waals surface area contributed by atoms with Crippen molar-refractivity contribution in [3.05, 3.63) is 77.7 Å². The number of benzene rings is 2. The lowest BCUT2D eigenvalue weighted by Gasteiger charge is -2.06. The van der Waals surface area contributed by atoms with E-state index in [0.717, 1.165) is 5.56 Å². The Bertz CT molecular complexity index is 893. The summed E-state index contributed by atoms with van der Waals surface area (Å²) in [5.74, 6) is -0.0749. The second-order valence-electron chi connectivity index (χ2n) is 5.45. The smallest absolute Gasteiger partial charge is 0.335 e. The molecule has 0 aliphatic carbocycles. The number of nitrogens with two attached hydrogens (primary N) is 1. The SMILES string of the molecule is N[C@@H](Cc1ccccc1)c1nnc(S(=O)(=O)Cc2ccccc2)o1. The van der Waals surface area contributed by atoms with Gasteiger partial charge in [-0.05, 0) is 17.5 Å². The van der Waals surface area contributed by atoms with E-state index >= 15 is 0 Å². The standard InChI is InChI=1S/C17H17N3O3S/c18-15(11-13-7-3-1-4-8-13)16-19-20-17(23-16)24(21,22)12-14-9-5-2-6-10-14/h1-10,15H,11-12,18H2/t15-/m0/s1. The average molecular weight is 343 g/mol. The van der Waals surface area contributed by atoms with E-state index in [1.807, 2.05) is 36.4 Å². The van der Waals surface area contributed by atoms with Gasteiger partial charge in [0.25, 0.3) is 0 Å². The molecule has 1 atom stereocenters. The van der Waals surface area contributed by atoms with Gasteiger partial charge in [0.05, 0.1) is 11.8 Å². The van der Waals surface area contributed by atoms with Crippen molar-refractivity contribution < 1.29 is 12.8 Å². The minimum absolute atomic E-state index is 0.116. The van der Waals surface area contributed by atoms with Crippen molar-refractivity contribution in [1.82, 2.24) is 10.2 Å². The molecule has 0 aliphatic heterocycles. The first-order chi connectivity index (χ1) is 11.5. The van der Waals surface area contributed by atoms with E-state index in [1.54, 1.807) is 24.3 Å². The molecule has 0 unspecified atom stereocenters. The van der Waals surface area contributed by atoms with Gasteiger partial charge in [-0.15, -0.1) is 5.10 Å². The number of nitrogens with zero attached hydrogens (tertiary/aromatic N) is 2. The second kappa shape index (κ2) is 6.94. The second-order valence-corrected chi connectivity index (χ2v) is 7.31. The summed E-state index contributed by atoms with van der Waals surface area (Å²) >= 11 is 0. The van der Waals surface area contributed by atoms with Gasteiger partial charge in [0.1, 0.15) is 0 Å². The van der Waals surface area contributed by atoms with Crippen molar-refractivity contribution >= 4 is 9.84 Å². The normalized spacial score (nSPS) is 12.9. The summed E-state index contributed by atoms with van der Waals surface area (Å²) in [7, 11) is -3.69. The summed E-state index contributed by atoms with van der Waals surface area (Å²) in [5, 5.41) is 7.06. The fourth-order valence-corrected chi connectivity index (χ4v) is 3.44. The predicted octanol–water partition coefficient (Wildman–Crippen LogP) is 2.29. The molecule has 0 saturated carbocycles. The number of aromatic nitrogens is 2. The highest BCUT2D eigenvalue weighted by Crippen LogP contribution is 2.19. The van der Waals surface area contributed by atoms with Crippen LogP contribution in [0.15, 0.2) is 70.3 Å². The summed E-state index contributed by atoms with van der Waals surface area (Å²) in [5.41, 5.74) is 7.71. The summed E-state index contributed by atoms with van der Waals surface area (Å²) < 4.78 is 30.0. The van der Waals surface area contributed by atoms with E-state index in [1.165, 1.54) is 0 Å². The highest BCUT2D eigenvalue weighted by atomic mass is 32.2. The Kier molecular flexibility index (Phi) is 4.73. The molecule has 6 nitrogen and oxygen atoms in total. The molecule has 7 heteroatoms. The van der Waals surface area contributed by atoms with Gasteiger partial charge < -0.3 is 10.2 Å². The quantitative estimate of drug-likeness (QED) is 0.737. The number of hydrogen-bond donors (Lipinski definition) is 1. The Morgan fingerprint density at radius 3 is 2.12 bits per heavy atom. The first-order valence-corrected chi connectivity index (χ1v) is 9.09. The molecule has 0 bridgehead atoms. The van der Waals surface area contributed by atoms with Gasteiger partial charge in [0.15, 0.2) is 0 Å².